The number of carbonyl (C=O) groups is 2. The molecule has 0 aliphatic rings. The predicted octanol–water partition coefficient (Wildman–Crippen LogP) is 2.56. The first-order valence-electron chi connectivity index (χ1n) is 8.19. The van der Waals surface area contributed by atoms with E-state index >= 15 is 0 Å². The summed E-state index contributed by atoms with van der Waals surface area (Å²) in [5.74, 6) is 0.665. The smallest absolute Gasteiger partial charge is 0.410 e. The highest BCUT2D eigenvalue weighted by atomic mass is 16.6. The Morgan fingerprint density at radius 1 is 1.17 bits per heavy atom. The van der Waals surface area contributed by atoms with Crippen molar-refractivity contribution in [3.8, 4) is 5.75 Å². The molecule has 0 aliphatic carbocycles. The molecule has 1 aromatic carbocycles. The number of ether oxygens (including phenoxy) is 1. The Morgan fingerprint density at radius 2 is 1.75 bits per heavy atom. The summed E-state index contributed by atoms with van der Waals surface area (Å²) < 4.78 is 5.20. The maximum Gasteiger partial charge on any atom is 0.413 e. The van der Waals surface area contributed by atoms with Crippen LogP contribution in [0.1, 0.15) is 46.6 Å². The van der Waals surface area contributed by atoms with Gasteiger partial charge in [-0.3, -0.25) is 4.79 Å². The van der Waals surface area contributed by atoms with Crippen molar-refractivity contribution in [2.24, 2.45) is 11.7 Å². The predicted molar refractivity (Wildman–Crippen MR) is 94.6 cm³/mol. The van der Waals surface area contributed by atoms with Crippen LogP contribution in [0.2, 0.25) is 0 Å². The molecule has 1 rings (SSSR count). The van der Waals surface area contributed by atoms with Crippen molar-refractivity contribution in [1.82, 2.24) is 10.6 Å². The lowest BCUT2D eigenvalue weighted by atomic mass is 10.0. The third kappa shape index (κ3) is 7.97. The summed E-state index contributed by atoms with van der Waals surface area (Å²) in [5, 5.41) is 5.53. The molecule has 2 amide bonds. The molecule has 134 valence electrons. The van der Waals surface area contributed by atoms with Crippen LogP contribution in [-0.2, 0) is 11.3 Å². The Kier molecular flexibility index (Phi) is 7.22. The molecule has 0 saturated carbocycles. The Labute approximate surface area is 144 Å². The number of rotatable bonds is 6. The quantitative estimate of drug-likeness (QED) is 0.745. The zero-order valence-electron chi connectivity index (χ0n) is 15.2. The van der Waals surface area contributed by atoms with Gasteiger partial charge in [0.25, 0.3) is 0 Å². The largest absolute Gasteiger partial charge is 0.413 e. The molecule has 0 radical (unpaired) electrons. The lowest BCUT2D eigenvalue weighted by Crippen LogP contribution is -2.42. The second-order valence-electron chi connectivity index (χ2n) is 7.36. The minimum Gasteiger partial charge on any atom is -0.410 e. The highest BCUT2D eigenvalue weighted by Crippen LogP contribution is 2.13. The maximum atomic E-state index is 11.9. The fourth-order valence-electron chi connectivity index (χ4n) is 2.05. The Balaban J connectivity index is 2.47. The Morgan fingerprint density at radius 3 is 2.25 bits per heavy atom. The van der Waals surface area contributed by atoms with Gasteiger partial charge < -0.3 is 21.1 Å². The van der Waals surface area contributed by atoms with Gasteiger partial charge >= 0.3 is 6.09 Å². The Bertz CT molecular complexity index is 548. The van der Waals surface area contributed by atoms with E-state index in [1.807, 2.05) is 34.6 Å². The van der Waals surface area contributed by atoms with Crippen LogP contribution in [0, 0.1) is 5.92 Å². The molecule has 4 N–H and O–H groups in total. The van der Waals surface area contributed by atoms with Crippen LogP contribution in [0.25, 0.3) is 0 Å². The molecule has 0 aromatic heterocycles. The van der Waals surface area contributed by atoms with E-state index < -0.39 is 12.1 Å². The first-order valence-corrected chi connectivity index (χ1v) is 8.19. The minimum atomic E-state index is -0.497. The van der Waals surface area contributed by atoms with Gasteiger partial charge in [-0.2, -0.15) is 0 Å². The third-order valence-corrected chi connectivity index (χ3v) is 3.14. The molecule has 0 fully saturated rings. The molecule has 6 heteroatoms. The van der Waals surface area contributed by atoms with E-state index in [1.54, 1.807) is 24.3 Å². The molecule has 0 bridgehead atoms. The molecule has 0 saturated heterocycles. The topological polar surface area (TPSA) is 93.5 Å². The molecular formula is C18H29N3O3. The number of hydrogen-bond donors (Lipinski definition) is 3. The highest BCUT2D eigenvalue weighted by Gasteiger charge is 2.16. The summed E-state index contributed by atoms with van der Waals surface area (Å²) in [6, 6.07) is 6.49. The van der Waals surface area contributed by atoms with Crippen LogP contribution < -0.4 is 21.1 Å². The van der Waals surface area contributed by atoms with E-state index in [-0.39, 0.29) is 11.4 Å². The van der Waals surface area contributed by atoms with Crippen molar-refractivity contribution in [3.63, 3.8) is 0 Å². The second kappa shape index (κ2) is 8.68. The number of benzene rings is 1. The SMILES string of the molecule is CC(C)CC(N)C(=O)NCc1ccc(OC(=O)NC(C)(C)C)cc1. The summed E-state index contributed by atoms with van der Waals surface area (Å²) in [6.45, 7) is 10.1. The van der Waals surface area contributed by atoms with Crippen LogP contribution in [0.5, 0.6) is 5.75 Å². The summed E-state index contributed by atoms with van der Waals surface area (Å²) in [6.07, 6.45) is 0.157. The van der Waals surface area contributed by atoms with Crippen molar-refractivity contribution in [2.45, 2.75) is 59.2 Å². The van der Waals surface area contributed by atoms with Crippen molar-refractivity contribution >= 4 is 12.0 Å². The summed E-state index contributed by atoms with van der Waals surface area (Å²) in [5.41, 5.74) is 6.39. The van der Waals surface area contributed by atoms with Crippen molar-refractivity contribution in [3.05, 3.63) is 29.8 Å². The van der Waals surface area contributed by atoms with E-state index in [0.717, 1.165) is 5.56 Å². The number of nitrogens with two attached hydrogens (primary N) is 1. The second-order valence-corrected chi connectivity index (χ2v) is 7.36. The van der Waals surface area contributed by atoms with Crippen LogP contribution in [0.15, 0.2) is 24.3 Å². The molecular weight excluding hydrogens is 306 g/mol. The average molecular weight is 335 g/mol. The number of carbonyl (C=O) groups excluding carboxylic acids is 2. The normalized spacial score (nSPS) is 12.6. The molecule has 6 nitrogen and oxygen atoms in total. The molecule has 1 atom stereocenters. The molecule has 0 heterocycles. The molecule has 1 aromatic rings. The monoisotopic (exact) mass is 335 g/mol. The lowest BCUT2D eigenvalue weighted by molar-refractivity contribution is -0.122. The standard InChI is InChI=1S/C18H29N3O3/c1-12(2)10-15(19)16(22)20-11-13-6-8-14(9-7-13)24-17(23)21-18(3,4)5/h6-9,12,15H,10-11,19H2,1-5H3,(H,20,22)(H,21,23). The minimum absolute atomic E-state index is 0.159. The van der Waals surface area contributed by atoms with E-state index in [4.69, 9.17) is 10.5 Å². The first kappa shape index (κ1) is 20.0. The molecule has 1 unspecified atom stereocenters. The van der Waals surface area contributed by atoms with Gasteiger partial charge in [0, 0.05) is 12.1 Å². The van der Waals surface area contributed by atoms with Gasteiger partial charge in [-0.15, -0.1) is 0 Å². The lowest BCUT2D eigenvalue weighted by Gasteiger charge is -2.19. The van der Waals surface area contributed by atoms with Crippen molar-refractivity contribution in [1.29, 1.82) is 0 Å². The van der Waals surface area contributed by atoms with Crippen LogP contribution in [0.3, 0.4) is 0 Å². The third-order valence-electron chi connectivity index (χ3n) is 3.14. The van der Waals surface area contributed by atoms with E-state index in [1.165, 1.54) is 0 Å². The molecule has 24 heavy (non-hydrogen) atoms. The van der Waals surface area contributed by atoms with Crippen molar-refractivity contribution < 1.29 is 14.3 Å². The summed E-state index contributed by atoms with van der Waals surface area (Å²) in [4.78, 5) is 23.6. The van der Waals surface area contributed by atoms with Gasteiger partial charge in [0.05, 0.1) is 6.04 Å². The van der Waals surface area contributed by atoms with Crippen LogP contribution in [-0.4, -0.2) is 23.6 Å². The number of hydrogen-bond acceptors (Lipinski definition) is 4. The van der Waals surface area contributed by atoms with Gasteiger partial charge in [-0.1, -0.05) is 26.0 Å². The van der Waals surface area contributed by atoms with Crippen molar-refractivity contribution in [2.75, 3.05) is 0 Å². The number of amides is 2. The highest BCUT2D eigenvalue weighted by molar-refractivity contribution is 5.81. The Hall–Kier alpha value is -2.08. The van der Waals surface area contributed by atoms with Gasteiger partial charge in [-0.05, 0) is 50.8 Å². The van der Waals surface area contributed by atoms with E-state index in [9.17, 15) is 9.59 Å². The fourth-order valence-corrected chi connectivity index (χ4v) is 2.05. The fraction of sp³-hybridized carbons (Fsp3) is 0.556. The summed E-state index contributed by atoms with van der Waals surface area (Å²) >= 11 is 0. The van der Waals surface area contributed by atoms with E-state index in [2.05, 4.69) is 10.6 Å². The van der Waals surface area contributed by atoms with E-state index in [0.29, 0.717) is 24.6 Å². The van der Waals surface area contributed by atoms with Crippen LogP contribution in [0.4, 0.5) is 4.79 Å². The summed E-state index contributed by atoms with van der Waals surface area (Å²) in [7, 11) is 0. The van der Waals surface area contributed by atoms with Gasteiger partial charge in [-0.25, -0.2) is 4.79 Å². The van der Waals surface area contributed by atoms with Gasteiger partial charge in [0.1, 0.15) is 5.75 Å². The van der Waals surface area contributed by atoms with Crippen LogP contribution >= 0.6 is 0 Å². The first-order chi connectivity index (χ1) is 11.1. The maximum absolute atomic E-state index is 11.9. The zero-order valence-corrected chi connectivity index (χ0v) is 15.2. The molecule has 0 spiro atoms. The molecule has 0 aliphatic heterocycles. The average Bonchev–Trinajstić information content (AvgIpc) is 2.43. The number of nitrogens with one attached hydrogen (secondary N) is 2. The van der Waals surface area contributed by atoms with Gasteiger partial charge in [0.2, 0.25) is 5.91 Å². The zero-order chi connectivity index (χ0) is 18.3. The van der Waals surface area contributed by atoms with Gasteiger partial charge in [0.15, 0.2) is 0 Å².